The van der Waals surface area contributed by atoms with E-state index in [2.05, 4.69) is 6.92 Å². The van der Waals surface area contributed by atoms with E-state index in [1.807, 2.05) is 0 Å². The molecule has 8 nitrogen and oxygen atoms in total. The number of rotatable bonds is 14. The first-order valence-electron chi connectivity index (χ1n) is 11.1. The minimum atomic E-state index is -1.45. The number of aromatic nitrogens is 2. The summed E-state index contributed by atoms with van der Waals surface area (Å²) >= 11 is 0. The van der Waals surface area contributed by atoms with Crippen molar-refractivity contribution in [1.29, 1.82) is 0 Å². The second-order valence-corrected chi connectivity index (χ2v) is 7.95. The van der Waals surface area contributed by atoms with Gasteiger partial charge in [0.15, 0.2) is 6.23 Å². The Morgan fingerprint density at radius 3 is 2.27 bits per heavy atom. The molecule has 0 radical (unpaired) electrons. The highest BCUT2D eigenvalue weighted by molar-refractivity contribution is 4.94. The number of aromatic amines is 1. The summed E-state index contributed by atoms with van der Waals surface area (Å²) in [6, 6.07) is 0. The molecule has 1 aliphatic heterocycles. The summed E-state index contributed by atoms with van der Waals surface area (Å²) in [5.74, 6) is -1.18. The molecular weight excluding hydrogens is 395 g/mol. The summed E-state index contributed by atoms with van der Waals surface area (Å²) in [6.07, 6.45) is 7.98. The van der Waals surface area contributed by atoms with E-state index < -0.39 is 41.6 Å². The number of halogens is 1. The van der Waals surface area contributed by atoms with Gasteiger partial charge >= 0.3 is 5.69 Å². The topological polar surface area (TPSA) is 114 Å². The maximum atomic E-state index is 13.5. The third-order valence-corrected chi connectivity index (χ3v) is 5.46. The summed E-state index contributed by atoms with van der Waals surface area (Å²) in [6.45, 7) is 2.78. The molecule has 0 unspecified atom stereocenters. The highest BCUT2D eigenvalue weighted by Gasteiger charge is 2.44. The van der Waals surface area contributed by atoms with E-state index in [4.69, 9.17) is 9.47 Å². The summed E-state index contributed by atoms with van der Waals surface area (Å²) in [5, 5.41) is 20.3. The first-order chi connectivity index (χ1) is 14.5. The molecule has 0 saturated carbocycles. The van der Waals surface area contributed by atoms with Gasteiger partial charge in [0, 0.05) is 6.61 Å². The van der Waals surface area contributed by atoms with Gasteiger partial charge in [0.1, 0.15) is 18.3 Å². The normalized spacial score (nSPS) is 23.9. The molecule has 30 heavy (non-hydrogen) atoms. The minimum Gasteiger partial charge on any atom is -0.387 e. The zero-order chi connectivity index (χ0) is 21.9. The van der Waals surface area contributed by atoms with Crippen LogP contribution in [0.1, 0.15) is 77.4 Å². The van der Waals surface area contributed by atoms with Crippen LogP contribution in [0.2, 0.25) is 0 Å². The van der Waals surface area contributed by atoms with E-state index in [1.54, 1.807) is 4.98 Å². The first-order valence-corrected chi connectivity index (χ1v) is 11.1. The maximum absolute atomic E-state index is 13.5. The monoisotopic (exact) mass is 430 g/mol. The van der Waals surface area contributed by atoms with Crippen LogP contribution >= 0.6 is 0 Å². The molecule has 2 rings (SSSR count). The van der Waals surface area contributed by atoms with Crippen LogP contribution in [0, 0.1) is 5.82 Å². The van der Waals surface area contributed by atoms with Crippen molar-refractivity contribution in [2.45, 2.75) is 95.7 Å². The van der Waals surface area contributed by atoms with Crippen molar-refractivity contribution in [2.75, 3.05) is 13.2 Å². The Kier molecular flexibility index (Phi) is 10.7. The predicted molar refractivity (Wildman–Crippen MR) is 110 cm³/mol. The smallest absolute Gasteiger partial charge is 0.330 e. The largest absolute Gasteiger partial charge is 0.387 e. The second kappa shape index (κ2) is 13.0. The van der Waals surface area contributed by atoms with Gasteiger partial charge in [-0.15, -0.1) is 0 Å². The van der Waals surface area contributed by atoms with Crippen LogP contribution < -0.4 is 11.2 Å². The third-order valence-electron chi connectivity index (χ3n) is 5.46. The molecule has 0 aromatic carbocycles. The van der Waals surface area contributed by atoms with Crippen LogP contribution in [-0.2, 0) is 9.47 Å². The fourth-order valence-electron chi connectivity index (χ4n) is 3.64. The van der Waals surface area contributed by atoms with Crippen LogP contribution in [0.3, 0.4) is 0 Å². The SMILES string of the molecule is CCCCCCCCCCCCOC[C@H]1O[C@@H](n2cc(F)c(=O)[nH]c2=O)[C@H](O)[C@@H]1O. The zero-order valence-corrected chi connectivity index (χ0v) is 17.7. The highest BCUT2D eigenvalue weighted by Crippen LogP contribution is 2.28. The number of aliphatic hydroxyl groups is 2. The summed E-state index contributed by atoms with van der Waals surface area (Å²) in [4.78, 5) is 24.8. The van der Waals surface area contributed by atoms with Gasteiger partial charge in [-0.25, -0.2) is 4.79 Å². The maximum Gasteiger partial charge on any atom is 0.330 e. The number of ether oxygens (including phenoxy) is 2. The molecule has 9 heteroatoms. The van der Waals surface area contributed by atoms with Crippen molar-refractivity contribution in [3.05, 3.63) is 32.9 Å². The Morgan fingerprint density at radius 2 is 1.63 bits per heavy atom. The van der Waals surface area contributed by atoms with Gasteiger partial charge in [0.2, 0.25) is 5.82 Å². The lowest BCUT2D eigenvalue weighted by molar-refractivity contribution is -0.0689. The molecule has 1 saturated heterocycles. The third kappa shape index (κ3) is 7.30. The lowest BCUT2D eigenvalue weighted by Gasteiger charge is -2.16. The summed E-state index contributed by atoms with van der Waals surface area (Å²) in [7, 11) is 0. The van der Waals surface area contributed by atoms with Gasteiger partial charge in [-0.05, 0) is 6.42 Å². The molecule has 3 N–H and O–H groups in total. The molecule has 4 atom stereocenters. The fraction of sp³-hybridized carbons (Fsp3) is 0.810. The molecule has 0 spiro atoms. The summed E-state index contributed by atoms with van der Waals surface area (Å²) < 4.78 is 25.3. The van der Waals surface area contributed by atoms with Crippen LogP contribution in [0.25, 0.3) is 0 Å². The van der Waals surface area contributed by atoms with Crippen LogP contribution in [-0.4, -0.2) is 51.3 Å². The average molecular weight is 431 g/mol. The quantitative estimate of drug-likeness (QED) is 0.390. The molecular formula is C21H35FN2O6. The predicted octanol–water partition coefficient (Wildman–Crippen LogP) is 2.23. The number of H-pyrrole nitrogens is 1. The lowest BCUT2D eigenvalue weighted by atomic mass is 10.1. The number of hydrogen-bond donors (Lipinski definition) is 3. The zero-order valence-electron chi connectivity index (χ0n) is 17.7. The Bertz CT molecular complexity index is 737. The van der Waals surface area contributed by atoms with Crippen LogP contribution in [0.4, 0.5) is 4.39 Å². The molecule has 172 valence electrons. The molecule has 2 heterocycles. The van der Waals surface area contributed by atoms with Crippen molar-refractivity contribution in [3.63, 3.8) is 0 Å². The van der Waals surface area contributed by atoms with Gasteiger partial charge in [-0.3, -0.25) is 14.3 Å². The van der Waals surface area contributed by atoms with E-state index in [0.717, 1.165) is 17.4 Å². The van der Waals surface area contributed by atoms with Gasteiger partial charge in [0.05, 0.1) is 12.8 Å². The Hall–Kier alpha value is -1.55. The molecule has 1 fully saturated rings. The molecule has 1 aromatic rings. The molecule has 0 aliphatic carbocycles. The van der Waals surface area contributed by atoms with Crippen LogP contribution in [0.15, 0.2) is 15.8 Å². The van der Waals surface area contributed by atoms with E-state index in [-0.39, 0.29) is 6.61 Å². The van der Waals surface area contributed by atoms with Crippen molar-refractivity contribution in [3.8, 4) is 0 Å². The number of nitrogens with zero attached hydrogens (tertiary/aromatic N) is 1. The van der Waals surface area contributed by atoms with Crippen molar-refractivity contribution in [2.24, 2.45) is 0 Å². The molecule has 0 amide bonds. The van der Waals surface area contributed by atoms with E-state index in [9.17, 15) is 24.2 Å². The van der Waals surface area contributed by atoms with Crippen LogP contribution in [0.5, 0.6) is 0 Å². The number of hydrogen-bond acceptors (Lipinski definition) is 6. The fourth-order valence-corrected chi connectivity index (χ4v) is 3.64. The standard InChI is InChI=1S/C21H35FN2O6/c1-2-3-4-5-6-7-8-9-10-11-12-29-14-16-17(25)18(26)20(30-16)24-13-15(22)19(27)23-21(24)28/h13,16-18,20,25-26H,2-12,14H2,1H3,(H,23,27,28)/t16-,17-,18-,20-/m1/s1. The van der Waals surface area contributed by atoms with Gasteiger partial charge in [-0.2, -0.15) is 4.39 Å². The first kappa shape index (κ1) is 24.7. The minimum absolute atomic E-state index is 0.0484. The van der Waals surface area contributed by atoms with Crippen molar-refractivity contribution >= 4 is 0 Å². The molecule has 1 aliphatic rings. The molecule has 1 aromatic heterocycles. The number of unbranched alkanes of at least 4 members (excludes halogenated alkanes) is 9. The Labute approximate surface area is 176 Å². The summed E-state index contributed by atoms with van der Waals surface area (Å²) in [5.41, 5.74) is -2.08. The van der Waals surface area contributed by atoms with Crippen molar-refractivity contribution < 1.29 is 24.1 Å². The van der Waals surface area contributed by atoms with E-state index in [1.165, 1.54) is 51.4 Å². The van der Waals surface area contributed by atoms with Gasteiger partial charge in [0.25, 0.3) is 5.56 Å². The Morgan fingerprint density at radius 1 is 1.03 bits per heavy atom. The number of nitrogens with one attached hydrogen (secondary N) is 1. The lowest BCUT2D eigenvalue weighted by Crippen LogP contribution is -2.38. The average Bonchev–Trinajstić information content (AvgIpc) is 3.00. The van der Waals surface area contributed by atoms with E-state index in [0.29, 0.717) is 12.8 Å². The highest BCUT2D eigenvalue weighted by atomic mass is 19.1. The van der Waals surface area contributed by atoms with Crippen molar-refractivity contribution in [1.82, 2.24) is 9.55 Å². The van der Waals surface area contributed by atoms with Gasteiger partial charge < -0.3 is 19.7 Å². The van der Waals surface area contributed by atoms with Gasteiger partial charge in [-0.1, -0.05) is 64.7 Å². The Balaban J connectivity index is 1.63. The van der Waals surface area contributed by atoms with E-state index >= 15 is 0 Å². The molecule has 0 bridgehead atoms. The second-order valence-electron chi connectivity index (χ2n) is 7.95. The number of aliphatic hydroxyl groups excluding tert-OH is 2.